The molecule has 1 heterocycles. The van der Waals surface area contributed by atoms with Crippen LogP contribution in [-0.2, 0) is 0 Å². The first-order chi connectivity index (χ1) is 7.95. The minimum absolute atomic E-state index is 1.07. The maximum atomic E-state index is 4.46. The zero-order valence-corrected chi connectivity index (χ0v) is 8.80. The fourth-order valence-corrected chi connectivity index (χ4v) is 1.94. The van der Waals surface area contributed by atoms with E-state index in [1.54, 1.807) is 0 Å². The van der Waals surface area contributed by atoms with Crippen molar-refractivity contribution in [3.05, 3.63) is 65.9 Å². The first-order valence-corrected chi connectivity index (χ1v) is 5.34. The van der Waals surface area contributed by atoms with Crippen molar-refractivity contribution in [1.82, 2.24) is 4.98 Å². The largest absolute Gasteiger partial charge is 0.256 e. The molecule has 2 aromatic rings. The SMILES string of the molecule is C1=CC=Cc2c(ccc3cccnc23)C=C1. The third-order valence-corrected chi connectivity index (χ3v) is 2.72. The topological polar surface area (TPSA) is 12.9 Å². The molecule has 0 bridgehead atoms. The number of nitrogens with zero attached hydrogens (tertiary/aromatic N) is 1. The molecule has 0 saturated carbocycles. The maximum absolute atomic E-state index is 4.46. The molecule has 1 aromatic heterocycles. The predicted octanol–water partition coefficient (Wildman–Crippen LogP) is 3.83. The second-order valence-corrected chi connectivity index (χ2v) is 3.75. The van der Waals surface area contributed by atoms with Gasteiger partial charge in [0.1, 0.15) is 0 Å². The summed E-state index contributed by atoms with van der Waals surface area (Å²) < 4.78 is 0. The summed E-state index contributed by atoms with van der Waals surface area (Å²) in [7, 11) is 0. The summed E-state index contributed by atoms with van der Waals surface area (Å²) >= 11 is 0. The smallest absolute Gasteiger partial charge is 0.0780 e. The van der Waals surface area contributed by atoms with Crippen LogP contribution in [0.1, 0.15) is 11.1 Å². The predicted molar refractivity (Wildman–Crippen MR) is 69.0 cm³/mol. The van der Waals surface area contributed by atoms with Gasteiger partial charge in [0.15, 0.2) is 0 Å². The van der Waals surface area contributed by atoms with E-state index >= 15 is 0 Å². The lowest BCUT2D eigenvalue weighted by Crippen LogP contribution is -1.87. The van der Waals surface area contributed by atoms with Crippen LogP contribution in [0, 0.1) is 0 Å². The van der Waals surface area contributed by atoms with Gasteiger partial charge in [-0.3, -0.25) is 4.98 Å². The van der Waals surface area contributed by atoms with E-state index in [2.05, 4.69) is 47.5 Å². The molecular formula is C15H11N. The molecule has 1 aromatic carbocycles. The number of pyridine rings is 1. The Kier molecular flexibility index (Phi) is 2.15. The molecule has 0 unspecified atom stereocenters. The van der Waals surface area contributed by atoms with Gasteiger partial charge in [-0.15, -0.1) is 0 Å². The third-order valence-electron chi connectivity index (χ3n) is 2.72. The molecule has 0 fully saturated rings. The second kappa shape index (κ2) is 3.78. The number of rotatable bonds is 0. The Bertz CT molecular complexity index is 618. The number of hydrogen-bond acceptors (Lipinski definition) is 1. The molecule has 0 radical (unpaired) electrons. The number of hydrogen-bond donors (Lipinski definition) is 0. The summed E-state index contributed by atoms with van der Waals surface area (Å²) in [5.74, 6) is 0. The van der Waals surface area contributed by atoms with Crippen LogP contribution in [0.2, 0.25) is 0 Å². The number of aromatic nitrogens is 1. The highest BCUT2D eigenvalue weighted by molar-refractivity contribution is 5.91. The zero-order valence-electron chi connectivity index (χ0n) is 8.80. The summed E-state index contributed by atoms with van der Waals surface area (Å²) in [4.78, 5) is 4.46. The van der Waals surface area contributed by atoms with Crippen LogP contribution < -0.4 is 0 Å². The van der Waals surface area contributed by atoms with Crippen LogP contribution in [0.25, 0.3) is 23.1 Å². The van der Waals surface area contributed by atoms with Crippen LogP contribution in [0.15, 0.2) is 54.8 Å². The van der Waals surface area contributed by atoms with Gasteiger partial charge < -0.3 is 0 Å². The van der Waals surface area contributed by atoms with Crippen LogP contribution in [0.5, 0.6) is 0 Å². The van der Waals surface area contributed by atoms with E-state index in [0.29, 0.717) is 0 Å². The fraction of sp³-hybridized carbons (Fsp3) is 0. The Balaban J connectivity index is 2.38. The van der Waals surface area contributed by atoms with E-state index in [-0.39, 0.29) is 0 Å². The maximum Gasteiger partial charge on any atom is 0.0780 e. The van der Waals surface area contributed by atoms with Gasteiger partial charge in [-0.1, -0.05) is 54.7 Å². The summed E-state index contributed by atoms with van der Waals surface area (Å²) in [6, 6.07) is 8.32. The first-order valence-electron chi connectivity index (χ1n) is 5.34. The van der Waals surface area contributed by atoms with Crippen LogP contribution in [0.4, 0.5) is 0 Å². The second-order valence-electron chi connectivity index (χ2n) is 3.75. The Hall–Kier alpha value is -2.15. The molecule has 16 heavy (non-hydrogen) atoms. The molecule has 76 valence electrons. The highest BCUT2D eigenvalue weighted by Gasteiger charge is 2.03. The molecule has 0 atom stereocenters. The van der Waals surface area contributed by atoms with Crippen LogP contribution in [0.3, 0.4) is 0 Å². The van der Waals surface area contributed by atoms with Gasteiger partial charge in [-0.2, -0.15) is 0 Å². The molecule has 1 nitrogen and oxygen atoms in total. The summed E-state index contributed by atoms with van der Waals surface area (Å²) in [5, 5.41) is 1.18. The van der Waals surface area contributed by atoms with Gasteiger partial charge in [0.25, 0.3) is 0 Å². The molecule has 0 amide bonds. The van der Waals surface area contributed by atoms with Crippen molar-refractivity contribution in [1.29, 1.82) is 0 Å². The number of fused-ring (bicyclic) bond motifs is 3. The van der Waals surface area contributed by atoms with Crippen LogP contribution >= 0.6 is 0 Å². The summed E-state index contributed by atoms with van der Waals surface area (Å²) in [6.07, 6.45) is 14.2. The normalized spacial score (nSPS) is 13.5. The molecule has 0 spiro atoms. The summed E-state index contributed by atoms with van der Waals surface area (Å²) in [6.45, 7) is 0. The van der Waals surface area contributed by atoms with Gasteiger partial charge in [-0.25, -0.2) is 0 Å². The van der Waals surface area contributed by atoms with Crippen molar-refractivity contribution >= 4 is 23.1 Å². The highest BCUT2D eigenvalue weighted by atomic mass is 14.6. The van der Waals surface area contributed by atoms with Crippen molar-refractivity contribution in [2.45, 2.75) is 0 Å². The van der Waals surface area contributed by atoms with E-state index in [9.17, 15) is 0 Å². The molecule has 1 aliphatic rings. The summed E-state index contributed by atoms with van der Waals surface area (Å²) in [5.41, 5.74) is 3.47. The van der Waals surface area contributed by atoms with E-state index in [4.69, 9.17) is 0 Å². The number of benzene rings is 1. The third kappa shape index (κ3) is 1.47. The molecule has 0 aliphatic heterocycles. The van der Waals surface area contributed by atoms with Crippen LogP contribution in [-0.4, -0.2) is 4.98 Å². The lowest BCUT2D eigenvalue weighted by atomic mass is 10.0. The lowest BCUT2D eigenvalue weighted by molar-refractivity contribution is 1.40. The van der Waals surface area contributed by atoms with Crippen molar-refractivity contribution in [2.75, 3.05) is 0 Å². The van der Waals surface area contributed by atoms with Gasteiger partial charge in [0.05, 0.1) is 5.52 Å². The van der Waals surface area contributed by atoms with E-state index in [1.807, 2.05) is 24.4 Å². The standard InChI is InChI=1S/C15H11N/c1-2-4-8-14-12(6-3-1)9-10-13-7-5-11-16-15(13)14/h1-11H. The Morgan fingerprint density at radius 2 is 1.69 bits per heavy atom. The lowest BCUT2D eigenvalue weighted by Gasteiger charge is -2.06. The average molecular weight is 205 g/mol. The average Bonchev–Trinajstić information content (AvgIpc) is 2.29. The van der Waals surface area contributed by atoms with Gasteiger partial charge in [0.2, 0.25) is 0 Å². The Morgan fingerprint density at radius 3 is 2.62 bits per heavy atom. The first kappa shape index (κ1) is 9.10. The van der Waals surface area contributed by atoms with E-state index in [1.165, 1.54) is 16.5 Å². The Labute approximate surface area is 94.4 Å². The quantitative estimate of drug-likeness (QED) is 0.637. The molecule has 0 saturated heterocycles. The van der Waals surface area contributed by atoms with E-state index in [0.717, 1.165) is 5.52 Å². The molecule has 1 aliphatic carbocycles. The van der Waals surface area contributed by atoms with Crippen molar-refractivity contribution in [2.24, 2.45) is 0 Å². The fourth-order valence-electron chi connectivity index (χ4n) is 1.94. The van der Waals surface area contributed by atoms with Crippen molar-refractivity contribution in [3.8, 4) is 0 Å². The molecule has 3 rings (SSSR count). The number of allylic oxidation sites excluding steroid dienone is 4. The Morgan fingerprint density at radius 1 is 0.812 bits per heavy atom. The minimum Gasteiger partial charge on any atom is -0.256 e. The zero-order chi connectivity index (χ0) is 10.8. The minimum atomic E-state index is 1.07. The molecule has 0 N–H and O–H groups in total. The highest BCUT2D eigenvalue weighted by Crippen LogP contribution is 2.23. The van der Waals surface area contributed by atoms with Gasteiger partial charge in [-0.05, 0) is 11.6 Å². The van der Waals surface area contributed by atoms with Gasteiger partial charge in [0, 0.05) is 17.1 Å². The monoisotopic (exact) mass is 205 g/mol. The van der Waals surface area contributed by atoms with Crippen molar-refractivity contribution in [3.63, 3.8) is 0 Å². The van der Waals surface area contributed by atoms with Crippen molar-refractivity contribution < 1.29 is 0 Å². The molecule has 1 heteroatoms. The van der Waals surface area contributed by atoms with Gasteiger partial charge >= 0.3 is 0 Å². The molecular weight excluding hydrogens is 194 g/mol. The van der Waals surface area contributed by atoms with E-state index < -0.39 is 0 Å².